The highest BCUT2D eigenvalue weighted by Gasteiger charge is 2.14. The van der Waals surface area contributed by atoms with E-state index in [4.69, 9.17) is 0 Å². The smallest absolute Gasteiger partial charge is 0.130 e. The topological polar surface area (TPSA) is 12.0 Å². The summed E-state index contributed by atoms with van der Waals surface area (Å²) in [6.45, 7) is 1.40. The third kappa shape index (κ3) is 3.77. The van der Waals surface area contributed by atoms with Gasteiger partial charge in [-0.3, -0.25) is 0 Å². The van der Waals surface area contributed by atoms with Crippen LogP contribution >= 0.6 is 0 Å². The summed E-state index contributed by atoms with van der Waals surface area (Å²) in [5, 5.41) is 3.23. The lowest BCUT2D eigenvalue weighted by molar-refractivity contribution is 0.473. The van der Waals surface area contributed by atoms with Crippen molar-refractivity contribution in [2.24, 2.45) is 5.92 Å². The minimum atomic E-state index is -0.516. The molecule has 0 saturated heterocycles. The van der Waals surface area contributed by atoms with Gasteiger partial charge in [0.1, 0.15) is 11.6 Å². The summed E-state index contributed by atoms with van der Waals surface area (Å²) in [6.07, 6.45) is 6.57. The molecule has 1 fully saturated rings. The monoisotopic (exact) mass is 239 g/mol. The van der Waals surface area contributed by atoms with Crippen LogP contribution in [0.2, 0.25) is 0 Å². The molecule has 0 radical (unpaired) electrons. The van der Waals surface area contributed by atoms with Crippen LogP contribution in [0.3, 0.4) is 0 Å². The third-order valence-electron chi connectivity index (χ3n) is 3.53. The molecule has 0 aromatic heterocycles. The maximum atomic E-state index is 13.3. The van der Waals surface area contributed by atoms with Crippen molar-refractivity contribution in [3.63, 3.8) is 0 Å². The summed E-state index contributed by atoms with van der Waals surface area (Å²) in [5.41, 5.74) is 0.540. The van der Waals surface area contributed by atoms with E-state index in [1.165, 1.54) is 44.2 Å². The molecule has 1 aliphatic rings. The van der Waals surface area contributed by atoms with E-state index in [1.54, 1.807) is 0 Å². The molecule has 0 bridgehead atoms. The molecule has 0 amide bonds. The molecule has 1 nitrogen and oxygen atoms in total. The molecule has 1 aromatic rings. The minimum Gasteiger partial charge on any atom is -0.313 e. The SMILES string of the molecule is Fc1ccc(CNCCC2CCCC2)c(F)c1. The zero-order chi connectivity index (χ0) is 12.1. The molecular weight excluding hydrogens is 220 g/mol. The summed E-state index contributed by atoms with van der Waals surface area (Å²) in [7, 11) is 0. The van der Waals surface area contributed by atoms with Crippen molar-refractivity contribution in [3.05, 3.63) is 35.4 Å². The fourth-order valence-electron chi connectivity index (χ4n) is 2.49. The van der Waals surface area contributed by atoms with E-state index in [2.05, 4.69) is 5.32 Å². The lowest BCUT2D eigenvalue weighted by Gasteiger charge is -2.10. The lowest BCUT2D eigenvalue weighted by Crippen LogP contribution is -2.17. The maximum Gasteiger partial charge on any atom is 0.130 e. The first-order chi connectivity index (χ1) is 8.25. The Kier molecular flexibility index (Phi) is 4.49. The van der Waals surface area contributed by atoms with Crippen LogP contribution in [0.15, 0.2) is 18.2 Å². The third-order valence-corrected chi connectivity index (χ3v) is 3.53. The van der Waals surface area contributed by atoms with E-state index >= 15 is 0 Å². The first kappa shape index (κ1) is 12.5. The maximum absolute atomic E-state index is 13.3. The average Bonchev–Trinajstić information content (AvgIpc) is 2.79. The van der Waals surface area contributed by atoms with Crippen LogP contribution in [0, 0.1) is 17.6 Å². The molecule has 1 aromatic carbocycles. The van der Waals surface area contributed by atoms with E-state index in [0.717, 1.165) is 18.5 Å². The van der Waals surface area contributed by atoms with Gasteiger partial charge < -0.3 is 5.32 Å². The fourth-order valence-corrected chi connectivity index (χ4v) is 2.49. The van der Waals surface area contributed by atoms with Crippen LogP contribution in [0.25, 0.3) is 0 Å². The van der Waals surface area contributed by atoms with Gasteiger partial charge in [0.25, 0.3) is 0 Å². The van der Waals surface area contributed by atoms with Crippen LogP contribution in [0.5, 0.6) is 0 Å². The Bertz CT molecular complexity index is 359. The molecule has 1 saturated carbocycles. The second kappa shape index (κ2) is 6.10. The molecular formula is C14H19F2N. The number of nitrogens with one attached hydrogen (secondary N) is 1. The highest BCUT2D eigenvalue weighted by Crippen LogP contribution is 2.26. The van der Waals surface area contributed by atoms with E-state index in [0.29, 0.717) is 12.1 Å². The zero-order valence-corrected chi connectivity index (χ0v) is 10.0. The molecule has 2 rings (SSSR count). The molecule has 1 N–H and O–H groups in total. The quantitative estimate of drug-likeness (QED) is 0.774. The van der Waals surface area contributed by atoms with Crippen LogP contribution in [0.4, 0.5) is 8.78 Å². The predicted molar refractivity (Wildman–Crippen MR) is 64.6 cm³/mol. The van der Waals surface area contributed by atoms with Gasteiger partial charge in [-0.1, -0.05) is 31.7 Å². The van der Waals surface area contributed by atoms with Gasteiger partial charge in [0.2, 0.25) is 0 Å². The second-order valence-electron chi connectivity index (χ2n) is 4.85. The summed E-state index contributed by atoms with van der Waals surface area (Å²) in [4.78, 5) is 0. The van der Waals surface area contributed by atoms with E-state index < -0.39 is 11.6 Å². The van der Waals surface area contributed by atoms with Crippen molar-refractivity contribution >= 4 is 0 Å². The Morgan fingerprint density at radius 3 is 2.65 bits per heavy atom. The molecule has 94 valence electrons. The summed E-state index contributed by atoms with van der Waals surface area (Å²) < 4.78 is 26.0. The summed E-state index contributed by atoms with van der Waals surface area (Å²) in [6, 6.07) is 3.75. The standard InChI is InChI=1S/C14H19F2N/c15-13-6-5-12(14(16)9-13)10-17-8-7-11-3-1-2-4-11/h5-6,9,11,17H,1-4,7-8,10H2. The largest absolute Gasteiger partial charge is 0.313 e. The molecule has 0 heterocycles. The van der Waals surface area contributed by atoms with Crippen LogP contribution in [-0.2, 0) is 6.54 Å². The minimum absolute atomic E-state index is 0.460. The lowest BCUT2D eigenvalue weighted by atomic mass is 10.0. The van der Waals surface area contributed by atoms with Gasteiger partial charge in [-0.25, -0.2) is 8.78 Å². The second-order valence-corrected chi connectivity index (χ2v) is 4.85. The summed E-state index contributed by atoms with van der Waals surface area (Å²) in [5.74, 6) is -0.129. The van der Waals surface area contributed by atoms with Gasteiger partial charge in [0.05, 0.1) is 0 Å². The Morgan fingerprint density at radius 1 is 1.18 bits per heavy atom. The van der Waals surface area contributed by atoms with Gasteiger partial charge in [-0.15, -0.1) is 0 Å². The first-order valence-electron chi connectivity index (χ1n) is 6.40. The Labute approximate surface area is 101 Å². The van der Waals surface area contributed by atoms with Gasteiger partial charge in [-0.05, 0) is 24.9 Å². The van der Waals surface area contributed by atoms with Gasteiger partial charge in [0.15, 0.2) is 0 Å². The van der Waals surface area contributed by atoms with Crippen LogP contribution in [0.1, 0.15) is 37.7 Å². The number of halogens is 2. The number of hydrogen-bond acceptors (Lipinski definition) is 1. The Hall–Kier alpha value is -0.960. The predicted octanol–water partition coefficient (Wildman–Crippen LogP) is 3.63. The number of benzene rings is 1. The molecule has 3 heteroatoms. The highest BCUT2D eigenvalue weighted by atomic mass is 19.1. The Morgan fingerprint density at radius 2 is 1.94 bits per heavy atom. The van der Waals surface area contributed by atoms with Gasteiger partial charge >= 0.3 is 0 Å². The van der Waals surface area contributed by atoms with E-state index in [1.807, 2.05) is 0 Å². The molecule has 0 aliphatic heterocycles. The molecule has 1 aliphatic carbocycles. The number of rotatable bonds is 5. The van der Waals surface area contributed by atoms with Crippen LogP contribution < -0.4 is 5.32 Å². The molecule has 0 unspecified atom stereocenters. The van der Waals surface area contributed by atoms with Crippen molar-refractivity contribution in [3.8, 4) is 0 Å². The molecule has 0 spiro atoms. The van der Waals surface area contributed by atoms with Crippen molar-refractivity contribution in [2.45, 2.75) is 38.6 Å². The van der Waals surface area contributed by atoms with E-state index in [-0.39, 0.29) is 0 Å². The van der Waals surface area contributed by atoms with Crippen molar-refractivity contribution in [2.75, 3.05) is 6.54 Å². The zero-order valence-electron chi connectivity index (χ0n) is 10.0. The van der Waals surface area contributed by atoms with Crippen molar-refractivity contribution < 1.29 is 8.78 Å². The molecule has 17 heavy (non-hydrogen) atoms. The van der Waals surface area contributed by atoms with E-state index in [9.17, 15) is 8.78 Å². The first-order valence-corrected chi connectivity index (χ1v) is 6.40. The highest BCUT2D eigenvalue weighted by molar-refractivity contribution is 5.18. The molecule has 0 atom stereocenters. The average molecular weight is 239 g/mol. The van der Waals surface area contributed by atoms with Crippen LogP contribution in [-0.4, -0.2) is 6.54 Å². The normalized spacial score (nSPS) is 16.6. The van der Waals surface area contributed by atoms with Gasteiger partial charge in [0, 0.05) is 18.2 Å². The van der Waals surface area contributed by atoms with Gasteiger partial charge in [-0.2, -0.15) is 0 Å². The van der Waals surface area contributed by atoms with Crippen molar-refractivity contribution in [1.82, 2.24) is 5.32 Å². The van der Waals surface area contributed by atoms with Crippen molar-refractivity contribution in [1.29, 1.82) is 0 Å². The fraction of sp³-hybridized carbons (Fsp3) is 0.571. The Balaban J connectivity index is 1.70. The summed E-state index contributed by atoms with van der Waals surface area (Å²) >= 11 is 0. The number of hydrogen-bond donors (Lipinski definition) is 1.